The number of carbonyl (C=O) groups is 4. The first-order valence-electron chi connectivity index (χ1n) is 10.4. The molecule has 1 fully saturated rings. The molecule has 4 amide bonds. The number of hydrogen-bond acceptors (Lipinski definition) is 5. The van der Waals surface area contributed by atoms with Crippen LogP contribution in [-0.2, 0) is 25.7 Å². The van der Waals surface area contributed by atoms with Crippen molar-refractivity contribution >= 4 is 23.8 Å². The number of alkyl carbamates (subject to hydrolysis) is 1. The molecule has 0 aliphatic heterocycles. The largest absolute Gasteiger partial charge is 0.445 e. The monoisotopic (exact) mass is 430 g/mol. The Kier molecular flexibility index (Phi) is 10.1. The van der Waals surface area contributed by atoms with Crippen molar-refractivity contribution in [3.05, 3.63) is 48.2 Å². The van der Waals surface area contributed by atoms with Gasteiger partial charge in [0.15, 0.2) is 0 Å². The van der Waals surface area contributed by atoms with Crippen molar-refractivity contribution in [3.8, 4) is 0 Å². The molecule has 9 heteroatoms. The van der Waals surface area contributed by atoms with E-state index in [1.54, 1.807) is 0 Å². The molecule has 31 heavy (non-hydrogen) atoms. The minimum Gasteiger partial charge on any atom is -0.445 e. The molecule has 2 rings (SSSR count). The molecule has 0 spiro atoms. The molecule has 0 unspecified atom stereocenters. The summed E-state index contributed by atoms with van der Waals surface area (Å²) >= 11 is 0. The van der Waals surface area contributed by atoms with Crippen molar-refractivity contribution in [2.24, 2.45) is 5.92 Å². The molecule has 0 heterocycles. The summed E-state index contributed by atoms with van der Waals surface area (Å²) in [6.07, 6.45) is 7.37. The first kappa shape index (κ1) is 23.9. The van der Waals surface area contributed by atoms with Crippen molar-refractivity contribution in [3.63, 3.8) is 0 Å². The summed E-state index contributed by atoms with van der Waals surface area (Å²) in [6.45, 7) is 1.40. The van der Waals surface area contributed by atoms with Crippen LogP contribution in [0.5, 0.6) is 0 Å². The van der Waals surface area contributed by atoms with Gasteiger partial charge in [-0.3, -0.25) is 25.2 Å². The molecule has 0 saturated heterocycles. The molecule has 9 nitrogen and oxygen atoms in total. The lowest BCUT2D eigenvalue weighted by atomic mass is 9.84. The molecular weight excluding hydrogens is 400 g/mol. The van der Waals surface area contributed by atoms with Crippen LogP contribution in [0.15, 0.2) is 42.6 Å². The first-order valence-corrected chi connectivity index (χ1v) is 10.4. The molecule has 0 radical (unpaired) electrons. The van der Waals surface area contributed by atoms with Crippen molar-refractivity contribution < 1.29 is 23.9 Å². The van der Waals surface area contributed by atoms with E-state index >= 15 is 0 Å². The van der Waals surface area contributed by atoms with Crippen LogP contribution in [0, 0.1) is 5.92 Å². The van der Waals surface area contributed by atoms with E-state index in [-0.39, 0.29) is 12.5 Å². The number of benzene rings is 1. The van der Waals surface area contributed by atoms with Gasteiger partial charge in [0.05, 0.1) is 0 Å². The second-order valence-electron chi connectivity index (χ2n) is 7.51. The predicted octanol–water partition coefficient (Wildman–Crippen LogP) is 2.05. The maximum atomic E-state index is 12.6. The van der Waals surface area contributed by atoms with Gasteiger partial charge in [0.2, 0.25) is 5.91 Å². The van der Waals surface area contributed by atoms with Crippen LogP contribution >= 0.6 is 0 Å². The summed E-state index contributed by atoms with van der Waals surface area (Å²) in [6, 6.07) is 8.39. The normalized spacial score (nSPS) is 15.0. The van der Waals surface area contributed by atoms with Crippen LogP contribution in [0.4, 0.5) is 4.79 Å². The van der Waals surface area contributed by atoms with Gasteiger partial charge in [0, 0.05) is 19.2 Å². The minimum absolute atomic E-state index is 0.0924. The molecule has 1 aromatic carbocycles. The SMILES string of the molecule is CC(=O)N/C=C/C(=O)NNC(=O)[C@H](CC1CCCCC1)NC(=O)OCc1ccccc1. The summed E-state index contributed by atoms with van der Waals surface area (Å²) in [5, 5.41) is 4.94. The molecule has 4 N–H and O–H groups in total. The van der Waals surface area contributed by atoms with E-state index in [1.165, 1.54) is 19.5 Å². The van der Waals surface area contributed by atoms with E-state index in [4.69, 9.17) is 4.74 Å². The Morgan fingerprint density at radius 3 is 2.45 bits per heavy atom. The molecule has 1 atom stereocenters. The number of hydrogen-bond donors (Lipinski definition) is 4. The zero-order valence-corrected chi connectivity index (χ0v) is 17.7. The summed E-state index contributed by atoms with van der Waals surface area (Å²) in [5.74, 6) is -1.16. The quantitative estimate of drug-likeness (QED) is 0.371. The van der Waals surface area contributed by atoms with Gasteiger partial charge >= 0.3 is 6.09 Å². The van der Waals surface area contributed by atoms with Gasteiger partial charge in [-0.25, -0.2) is 4.79 Å². The van der Waals surface area contributed by atoms with Crippen LogP contribution < -0.4 is 21.5 Å². The minimum atomic E-state index is -0.842. The predicted molar refractivity (Wildman–Crippen MR) is 114 cm³/mol. The molecular formula is C22H30N4O5. The van der Waals surface area contributed by atoms with Crippen LogP contribution in [0.3, 0.4) is 0 Å². The Hall–Kier alpha value is -3.36. The van der Waals surface area contributed by atoms with Gasteiger partial charge in [0.1, 0.15) is 12.6 Å². The molecule has 1 saturated carbocycles. The van der Waals surface area contributed by atoms with Gasteiger partial charge in [0.25, 0.3) is 11.8 Å². The Labute approximate surface area is 182 Å². The topological polar surface area (TPSA) is 126 Å². The van der Waals surface area contributed by atoms with Crippen molar-refractivity contribution in [2.75, 3.05) is 0 Å². The van der Waals surface area contributed by atoms with E-state index in [0.717, 1.165) is 37.3 Å². The zero-order valence-electron chi connectivity index (χ0n) is 17.7. The number of nitrogens with one attached hydrogen (secondary N) is 4. The maximum absolute atomic E-state index is 12.6. The van der Waals surface area contributed by atoms with Crippen LogP contribution in [0.1, 0.15) is 51.0 Å². The first-order chi connectivity index (χ1) is 14.9. The molecule has 0 bridgehead atoms. The van der Waals surface area contributed by atoms with Gasteiger partial charge in [-0.2, -0.15) is 0 Å². The van der Waals surface area contributed by atoms with Crippen molar-refractivity contribution in [2.45, 2.75) is 58.1 Å². The van der Waals surface area contributed by atoms with E-state index < -0.39 is 23.9 Å². The van der Waals surface area contributed by atoms with Crippen LogP contribution in [-0.4, -0.2) is 29.9 Å². The third kappa shape index (κ3) is 9.79. The third-order valence-corrected chi connectivity index (χ3v) is 4.95. The van der Waals surface area contributed by atoms with E-state index in [2.05, 4.69) is 21.5 Å². The lowest BCUT2D eigenvalue weighted by Crippen LogP contribution is -2.52. The average Bonchev–Trinajstić information content (AvgIpc) is 2.77. The number of ether oxygens (including phenoxy) is 1. The highest BCUT2D eigenvalue weighted by molar-refractivity contribution is 5.92. The number of hydrazine groups is 1. The summed E-state index contributed by atoms with van der Waals surface area (Å²) in [7, 11) is 0. The second kappa shape index (κ2) is 13.0. The number of amides is 4. The van der Waals surface area contributed by atoms with Crippen molar-refractivity contribution in [1.29, 1.82) is 0 Å². The van der Waals surface area contributed by atoms with E-state index in [9.17, 15) is 19.2 Å². The lowest BCUT2D eigenvalue weighted by molar-refractivity contribution is -0.128. The van der Waals surface area contributed by atoms with Crippen LogP contribution in [0.25, 0.3) is 0 Å². The fraction of sp³-hybridized carbons (Fsp3) is 0.455. The summed E-state index contributed by atoms with van der Waals surface area (Å²) in [4.78, 5) is 47.4. The highest BCUT2D eigenvalue weighted by Gasteiger charge is 2.26. The second-order valence-corrected chi connectivity index (χ2v) is 7.51. The van der Waals surface area contributed by atoms with Gasteiger partial charge < -0.3 is 15.4 Å². The Bertz CT molecular complexity index is 775. The Morgan fingerprint density at radius 2 is 1.77 bits per heavy atom. The highest BCUT2D eigenvalue weighted by atomic mass is 16.5. The molecule has 1 aromatic rings. The van der Waals surface area contributed by atoms with Gasteiger partial charge in [-0.15, -0.1) is 0 Å². The Balaban J connectivity index is 1.89. The Morgan fingerprint density at radius 1 is 1.06 bits per heavy atom. The van der Waals surface area contributed by atoms with Crippen molar-refractivity contribution in [1.82, 2.24) is 21.5 Å². The lowest BCUT2D eigenvalue weighted by Gasteiger charge is -2.26. The smallest absolute Gasteiger partial charge is 0.408 e. The average molecular weight is 431 g/mol. The third-order valence-electron chi connectivity index (χ3n) is 4.95. The highest BCUT2D eigenvalue weighted by Crippen LogP contribution is 2.27. The van der Waals surface area contributed by atoms with Crippen LogP contribution in [0.2, 0.25) is 0 Å². The fourth-order valence-electron chi connectivity index (χ4n) is 3.38. The molecule has 0 aromatic heterocycles. The van der Waals surface area contributed by atoms with Gasteiger partial charge in [-0.1, -0.05) is 62.4 Å². The molecule has 1 aliphatic carbocycles. The standard InChI is InChI=1S/C22H30N4O5/c1-16(27)23-13-12-20(28)25-26-21(29)19(14-17-8-4-2-5-9-17)24-22(30)31-15-18-10-6-3-7-11-18/h3,6-7,10-13,17,19H,2,4-5,8-9,14-15H2,1H3,(H,23,27)(H,24,30)(H,25,28)(H,26,29)/b13-12+/t19-/m0/s1. The van der Waals surface area contributed by atoms with E-state index in [0.29, 0.717) is 12.3 Å². The maximum Gasteiger partial charge on any atom is 0.408 e. The number of rotatable bonds is 8. The van der Waals surface area contributed by atoms with Gasteiger partial charge in [-0.05, 0) is 17.9 Å². The summed E-state index contributed by atoms with van der Waals surface area (Å²) in [5.41, 5.74) is 5.39. The van der Waals surface area contributed by atoms with E-state index in [1.807, 2.05) is 30.3 Å². The number of carbonyl (C=O) groups excluding carboxylic acids is 4. The fourth-order valence-corrected chi connectivity index (χ4v) is 3.38. The molecule has 168 valence electrons. The zero-order chi connectivity index (χ0) is 22.5. The molecule has 1 aliphatic rings. The summed E-state index contributed by atoms with van der Waals surface area (Å²) < 4.78 is 5.23.